The zero-order valence-corrected chi connectivity index (χ0v) is 18.2. The van der Waals surface area contributed by atoms with E-state index in [9.17, 15) is 9.18 Å². The summed E-state index contributed by atoms with van der Waals surface area (Å²) in [5, 5.41) is 2.57. The van der Waals surface area contributed by atoms with Gasteiger partial charge in [-0.1, -0.05) is 0 Å². The molecule has 1 aromatic heterocycles. The van der Waals surface area contributed by atoms with Crippen LogP contribution in [-0.2, 0) is 15.1 Å². The van der Waals surface area contributed by atoms with Crippen LogP contribution >= 0.6 is 0 Å². The highest BCUT2D eigenvalue weighted by molar-refractivity contribution is 5.77. The molecular formula is C23H27FN4O3. The van der Waals surface area contributed by atoms with Gasteiger partial charge in [-0.15, -0.1) is 0 Å². The number of aryl methyl sites for hydroxylation is 1. The second kappa shape index (κ2) is 9.68. The normalized spacial score (nSPS) is 19.8. The molecule has 0 bridgehead atoms. The van der Waals surface area contributed by atoms with Crippen LogP contribution in [0.4, 0.5) is 10.1 Å². The monoisotopic (exact) mass is 426 g/mol. The number of hydrogen-bond acceptors (Lipinski definition) is 6. The number of carbonyl (C=O) groups excluding carboxylic acids is 1. The summed E-state index contributed by atoms with van der Waals surface area (Å²) in [5.41, 5.74) is 2.20. The van der Waals surface area contributed by atoms with Crippen molar-refractivity contribution in [3.8, 4) is 5.88 Å². The van der Waals surface area contributed by atoms with E-state index in [0.717, 1.165) is 42.7 Å². The van der Waals surface area contributed by atoms with Crippen LogP contribution in [0.15, 0.2) is 46.9 Å². The minimum atomic E-state index is -0.775. The Morgan fingerprint density at radius 1 is 1.19 bits per heavy atom. The predicted octanol–water partition coefficient (Wildman–Crippen LogP) is 4.68. The second-order valence-corrected chi connectivity index (χ2v) is 7.57. The first kappa shape index (κ1) is 22.4. The van der Waals surface area contributed by atoms with Gasteiger partial charge in [0.05, 0.1) is 25.2 Å². The number of nitrogens with zero attached hydrogens (tertiary/aromatic N) is 3. The molecule has 1 amide bonds. The van der Waals surface area contributed by atoms with Gasteiger partial charge in [-0.2, -0.15) is 0 Å². The number of methoxy groups -OCH3 is 1. The van der Waals surface area contributed by atoms with Crippen LogP contribution in [0.1, 0.15) is 50.8 Å². The zero-order valence-electron chi connectivity index (χ0n) is 18.2. The molecule has 1 N–H and O–H groups in total. The molecule has 7 nitrogen and oxygen atoms in total. The highest BCUT2D eigenvalue weighted by Crippen LogP contribution is 2.45. The molecule has 0 radical (unpaired) electrons. The number of aliphatic imine (C=N–C) groups is 1. The van der Waals surface area contributed by atoms with E-state index in [1.165, 1.54) is 6.07 Å². The van der Waals surface area contributed by atoms with Gasteiger partial charge < -0.3 is 14.8 Å². The molecule has 2 aromatic rings. The fourth-order valence-electron chi connectivity index (χ4n) is 3.85. The van der Waals surface area contributed by atoms with E-state index in [1.807, 2.05) is 13.8 Å². The number of allylic oxidation sites excluding steroid dienone is 1. The van der Waals surface area contributed by atoms with Crippen molar-refractivity contribution in [2.75, 3.05) is 12.4 Å². The van der Waals surface area contributed by atoms with E-state index in [4.69, 9.17) is 9.47 Å². The van der Waals surface area contributed by atoms with Gasteiger partial charge in [-0.05, 0) is 51.3 Å². The summed E-state index contributed by atoms with van der Waals surface area (Å²) in [6.45, 7) is 5.59. The van der Waals surface area contributed by atoms with Crippen LogP contribution in [0.5, 0.6) is 5.88 Å². The smallest absolute Gasteiger partial charge is 0.231 e. The Morgan fingerprint density at radius 3 is 2.65 bits per heavy atom. The number of rotatable bonds is 4. The van der Waals surface area contributed by atoms with E-state index in [-0.39, 0.29) is 5.82 Å². The second-order valence-electron chi connectivity index (χ2n) is 7.57. The van der Waals surface area contributed by atoms with Gasteiger partial charge >= 0.3 is 0 Å². The quantitative estimate of drug-likeness (QED) is 0.718. The van der Waals surface area contributed by atoms with Crippen molar-refractivity contribution in [3.63, 3.8) is 0 Å². The van der Waals surface area contributed by atoms with Crippen LogP contribution < -0.4 is 10.1 Å². The number of hydrogen-bond donors (Lipinski definition) is 1. The van der Waals surface area contributed by atoms with Crippen molar-refractivity contribution in [2.45, 2.75) is 52.0 Å². The first-order valence-electron chi connectivity index (χ1n) is 10.2. The molecule has 0 saturated heterocycles. The number of ether oxygens (including phenoxy) is 2. The molecule has 0 fully saturated rings. The average molecular weight is 426 g/mol. The summed E-state index contributed by atoms with van der Waals surface area (Å²) < 4.78 is 25.0. The highest BCUT2D eigenvalue weighted by atomic mass is 19.1. The van der Waals surface area contributed by atoms with Gasteiger partial charge in [0.25, 0.3) is 0 Å². The molecule has 4 rings (SSSR count). The first-order valence-corrected chi connectivity index (χ1v) is 10.2. The molecule has 2 aliphatic rings. The third-order valence-corrected chi connectivity index (χ3v) is 5.34. The van der Waals surface area contributed by atoms with E-state index in [1.54, 1.807) is 38.6 Å². The van der Waals surface area contributed by atoms with Crippen molar-refractivity contribution in [1.29, 1.82) is 0 Å². The van der Waals surface area contributed by atoms with Crippen LogP contribution in [-0.4, -0.2) is 29.4 Å². The van der Waals surface area contributed by atoms with Crippen LogP contribution in [0.25, 0.3) is 0 Å². The molecule has 1 aliphatic heterocycles. The molecule has 1 aliphatic carbocycles. The van der Waals surface area contributed by atoms with Crippen molar-refractivity contribution < 1.29 is 18.7 Å². The van der Waals surface area contributed by atoms with Gasteiger partial charge in [-0.3, -0.25) is 9.78 Å². The maximum absolute atomic E-state index is 14.5. The summed E-state index contributed by atoms with van der Waals surface area (Å²) in [7, 11) is 1.57. The molecular weight excluding hydrogens is 399 g/mol. The van der Waals surface area contributed by atoms with E-state index < -0.39 is 5.54 Å². The molecule has 2 heterocycles. The third-order valence-electron chi connectivity index (χ3n) is 5.34. The Morgan fingerprint density at radius 2 is 1.97 bits per heavy atom. The van der Waals surface area contributed by atoms with E-state index in [0.29, 0.717) is 29.4 Å². The summed E-state index contributed by atoms with van der Waals surface area (Å²) in [4.78, 5) is 23.1. The minimum absolute atomic E-state index is 0.324. The lowest BCUT2D eigenvalue weighted by Gasteiger charge is -2.37. The molecule has 1 aromatic carbocycles. The lowest BCUT2D eigenvalue weighted by atomic mass is 9.77. The molecule has 31 heavy (non-hydrogen) atoms. The topological polar surface area (TPSA) is 85.7 Å². The van der Waals surface area contributed by atoms with Gasteiger partial charge in [-0.25, -0.2) is 14.4 Å². The third kappa shape index (κ3) is 5.07. The molecule has 0 saturated carbocycles. The fourth-order valence-corrected chi connectivity index (χ4v) is 3.85. The largest absolute Gasteiger partial charge is 0.480 e. The maximum atomic E-state index is 14.5. The van der Waals surface area contributed by atoms with Gasteiger partial charge in [0.2, 0.25) is 12.3 Å². The summed E-state index contributed by atoms with van der Waals surface area (Å²) in [6.07, 6.45) is 7.70. The number of anilines is 1. The Hall–Kier alpha value is -3.29. The average Bonchev–Trinajstić information content (AvgIpc) is 2.76. The predicted molar refractivity (Wildman–Crippen MR) is 116 cm³/mol. The van der Waals surface area contributed by atoms with Crippen molar-refractivity contribution in [3.05, 3.63) is 59.0 Å². The molecule has 8 heteroatoms. The standard InChI is InChI=1S/C17H19FN2O2.C6H8N2O/c1-11-20-17(2,13-5-3-4-6-16(13)22-11)14-9-12(19-10-21)7-8-15(14)18;1-5-3-8-6(9-2)4-7-5/h7-10H,3-6H2,1-2H3,(H,19,21);3-4H,1-2H3. The number of halogens is 1. The number of benzene rings is 1. The Bertz CT molecular complexity index is 1000. The lowest BCUT2D eigenvalue weighted by Crippen LogP contribution is -2.32. The summed E-state index contributed by atoms with van der Waals surface area (Å²) in [6, 6.07) is 4.57. The summed E-state index contributed by atoms with van der Waals surface area (Å²) in [5.74, 6) is 1.71. The Kier molecular flexibility index (Phi) is 6.99. The highest BCUT2D eigenvalue weighted by Gasteiger charge is 2.40. The van der Waals surface area contributed by atoms with E-state index in [2.05, 4.69) is 20.3 Å². The molecule has 0 spiro atoms. The number of amides is 1. The van der Waals surface area contributed by atoms with Crippen molar-refractivity contribution in [2.24, 2.45) is 4.99 Å². The number of nitrogens with one attached hydrogen (secondary N) is 1. The van der Waals surface area contributed by atoms with Gasteiger partial charge in [0, 0.05) is 30.2 Å². The van der Waals surface area contributed by atoms with E-state index >= 15 is 0 Å². The van der Waals surface area contributed by atoms with Crippen molar-refractivity contribution in [1.82, 2.24) is 9.97 Å². The Labute approximate surface area is 181 Å². The maximum Gasteiger partial charge on any atom is 0.231 e. The first-order chi connectivity index (χ1) is 14.9. The van der Waals surface area contributed by atoms with Crippen LogP contribution in [0, 0.1) is 12.7 Å². The number of aromatic nitrogens is 2. The zero-order chi connectivity index (χ0) is 22.4. The van der Waals surface area contributed by atoms with Crippen LogP contribution in [0.3, 0.4) is 0 Å². The summed E-state index contributed by atoms with van der Waals surface area (Å²) >= 11 is 0. The SMILES string of the molecule is CC1=NC(C)(c2cc(NC=O)ccc2F)C2=C(CCCC2)O1.COc1cnc(C)cn1. The lowest BCUT2D eigenvalue weighted by molar-refractivity contribution is -0.105. The van der Waals surface area contributed by atoms with Crippen molar-refractivity contribution >= 4 is 18.0 Å². The van der Waals surface area contributed by atoms with Gasteiger partial charge in [0.1, 0.15) is 17.1 Å². The fraction of sp³-hybridized carbons (Fsp3) is 0.391. The number of carbonyl (C=O) groups is 1. The van der Waals surface area contributed by atoms with Crippen LogP contribution in [0.2, 0.25) is 0 Å². The molecule has 1 unspecified atom stereocenters. The molecule has 164 valence electrons. The molecule has 1 atom stereocenters. The van der Waals surface area contributed by atoms with Gasteiger partial charge in [0.15, 0.2) is 5.90 Å². The minimum Gasteiger partial charge on any atom is -0.480 e. The Balaban J connectivity index is 0.000000254.